The van der Waals surface area contributed by atoms with Gasteiger partial charge in [-0.25, -0.2) is 0 Å². The van der Waals surface area contributed by atoms with Crippen LogP contribution in [-0.2, 0) is 14.3 Å². The number of nitrogens with one attached hydrogen (secondary N) is 1. The number of para-hydroxylation sites is 2. The highest BCUT2D eigenvalue weighted by molar-refractivity contribution is 5.93. The molecule has 0 aromatic heterocycles. The Bertz CT molecular complexity index is 476. The van der Waals surface area contributed by atoms with Crippen molar-refractivity contribution in [3.05, 3.63) is 24.3 Å². The van der Waals surface area contributed by atoms with Gasteiger partial charge < -0.3 is 14.8 Å². The number of carbonyl (C=O) groups is 2. The van der Waals surface area contributed by atoms with Crippen LogP contribution in [0.1, 0.15) is 13.8 Å². The van der Waals surface area contributed by atoms with E-state index in [9.17, 15) is 9.59 Å². The van der Waals surface area contributed by atoms with Gasteiger partial charge in [-0.1, -0.05) is 12.1 Å². The Balaban J connectivity index is 2.52. The topological polar surface area (TPSA) is 67.9 Å². The number of amides is 1. The zero-order chi connectivity index (χ0) is 15.7. The van der Waals surface area contributed by atoms with E-state index in [1.54, 1.807) is 31.0 Å². The lowest BCUT2D eigenvalue weighted by Gasteiger charge is -2.16. The van der Waals surface area contributed by atoms with Gasteiger partial charge in [-0.3, -0.25) is 14.5 Å². The van der Waals surface area contributed by atoms with Crippen LogP contribution in [0.5, 0.6) is 5.75 Å². The van der Waals surface area contributed by atoms with Gasteiger partial charge in [0.25, 0.3) is 0 Å². The van der Waals surface area contributed by atoms with Gasteiger partial charge in [-0.05, 0) is 33.0 Å². The third-order valence-electron chi connectivity index (χ3n) is 2.58. The van der Waals surface area contributed by atoms with Gasteiger partial charge in [0.2, 0.25) is 5.91 Å². The summed E-state index contributed by atoms with van der Waals surface area (Å²) in [5.74, 6) is 0.0675. The van der Waals surface area contributed by atoms with E-state index < -0.39 is 0 Å². The molecule has 0 aliphatic carbocycles. The first-order chi connectivity index (χ1) is 10.1. The summed E-state index contributed by atoms with van der Waals surface area (Å²) in [4.78, 5) is 24.9. The zero-order valence-corrected chi connectivity index (χ0v) is 12.7. The molecule has 1 N–H and O–H groups in total. The van der Waals surface area contributed by atoms with Gasteiger partial charge in [0, 0.05) is 0 Å². The molecule has 1 aromatic rings. The monoisotopic (exact) mass is 294 g/mol. The van der Waals surface area contributed by atoms with E-state index >= 15 is 0 Å². The van der Waals surface area contributed by atoms with Crippen LogP contribution in [0.2, 0.25) is 0 Å². The summed E-state index contributed by atoms with van der Waals surface area (Å²) in [6.07, 6.45) is 0. The molecule has 6 nitrogen and oxygen atoms in total. The summed E-state index contributed by atoms with van der Waals surface area (Å²) >= 11 is 0. The molecule has 0 atom stereocenters. The second kappa shape index (κ2) is 8.97. The van der Waals surface area contributed by atoms with Crippen molar-refractivity contribution < 1.29 is 19.1 Å². The molecule has 0 radical (unpaired) electrons. The summed E-state index contributed by atoms with van der Waals surface area (Å²) < 4.78 is 10.3. The molecule has 6 heteroatoms. The molecule has 21 heavy (non-hydrogen) atoms. The normalized spacial score (nSPS) is 10.3. The third kappa shape index (κ3) is 6.27. The predicted molar refractivity (Wildman–Crippen MR) is 80.4 cm³/mol. The summed E-state index contributed by atoms with van der Waals surface area (Å²) in [7, 11) is 1.69. The maximum atomic E-state index is 12.0. The van der Waals surface area contributed by atoms with Crippen LogP contribution >= 0.6 is 0 Å². The van der Waals surface area contributed by atoms with Gasteiger partial charge in [-0.2, -0.15) is 0 Å². The van der Waals surface area contributed by atoms with Crippen LogP contribution in [0.25, 0.3) is 0 Å². The molecule has 0 saturated heterocycles. The highest BCUT2D eigenvalue weighted by Gasteiger charge is 2.12. The van der Waals surface area contributed by atoms with Crippen LogP contribution in [0.3, 0.4) is 0 Å². The largest absolute Gasteiger partial charge is 0.492 e. The molecule has 1 aromatic carbocycles. The van der Waals surface area contributed by atoms with E-state index in [0.717, 1.165) is 0 Å². The Morgan fingerprint density at radius 2 is 1.86 bits per heavy atom. The first-order valence-electron chi connectivity index (χ1n) is 6.92. The van der Waals surface area contributed by atoms with Gasteiger partial charge in [0.1, 0.15) is 5.75 Å². The maximum absolute atomic E-state index is 12.0. The minimum absolute atomic E-state index is 0.0777. The number of nitrogens with zero attached hydrogens (tertiary/aromatic N) is 1. The molecule has 0 heterocycles. The molecular formula is C15H22N2O4. The summed E-state index contributed by atoms with van der Waals surface area (Å²) in [6, 6.07) is 7.23. The minimum atomic E-state index is -0.345. The number of esters is 1. The average Bonchev–Trinajstić information content (AvgIpc) is 2.41. The number of ether oxygens (including phenoxy) is 2. The lowest BCUT2D eigenvalue weighted by molar-refractivity contribution is -0.144. The fourth-order valence-corrected chi connectivity index (χ4v) is 1.77. The number of carbonyl (C=O) groups excluding carboxylic acids is 2. The molecule has 1 amide bonds. The SMILES string of the molecule is CCOC(=O)CN(C)CC(=O)Nc1ccccc1OCC. The van der Waals surface area contributed by atoms with E-state index in [1.807, 2.05) is 19.1 Å². The van der Waals surface area contributed by atoms with Crippen molar-refractivity contribution in [3.8, 4) is 5.75 Å². The summed E-state index contributed by atoms with van der Waals surface area (Å²) in [5.41, 5.74) is 0.619. The van der Waals surface area contributed by atoms with E-state index in [1.165, 1.54) is 0 Å². The van der Waals surface area contributed by atoms with Gasteiger partial charge in [-0.15, -0.1) is 0 Å². The van der Waals surface area contributed by atoms with Crippen molar-refractivity contribution in [1.82, 2.24) is 4.90 Å². The molecule has 1 rings (SSSR count). The van der Waals surface area contributed by atoms with Crippen molar-refractivity contribution in [1.29, 1.82) is 0 Å². The number of likely N-dealkylation sites (N-methyl/N-ethyl adjacent to an activating group) is 1. The van der Waals surface area contributed by atoms with Crippen LogP contribution in [0.4, 0.5) is 5.69 Å². The fraction of sp³-hybridized carbons (Fsp3) is 0.467. The van der Waals surface area contributed by atoms with Crippen molar-refractivity contribution in [2.45, 2.75) is 13.8 Å². The lowest BCUT2D eigenvalue weighted by Crippen LogP contribution is -2.34. The van der Waals surface area contributed by atoms with E-state index in [4.69, 9.17) is 9.47 Å². The fourth-order valence-electron chi connectivity index (χ4n) is 1.77. The van der Waals surface area contributed by atoms with Gasteiger partial charge in [0.05, 0.1) is 32.0 Å². The van der Waals surface area contributed by atoms with E-state index in [-0.39, 0.29) is 25.0 Å². The Morgan fingerprint density at radius 1 is 1.14 bits per heavy atom. The lowest BCUT2D eigenvalue weighted by atomic mass is 10.3. The first kappa shape index (κ1) is 17.0. The van der Waals surface area contributed by atoms with Crippen LogP contribution in [0.15, 0.2) is 24.3 Å². The average molecular weight is 294 g/mol. The molecule has 0 aliphatic heterocycles. The van der Waals surface area contributed by atoms with Crippen molar-refractivity contribution in [2.24, 2.45) is 0 Å². The number of hydrogen-bond acceptors (Lipinski definition) is 5. The van der Waals surface area contributed by atoms with Crippen LogP contribution < -0.4 is 10.1 Å². The molecule has 0 unspecified atom stereocenters. The Labute approximate surface area is 125 Å². The number of hydrogen-bond donors (Lipinski definition) is 1. The van der Waals surface area contributed by atoms with Crippen molar-refractivity contribution in [3.63, 3.8) is 0 Å². The van der Waals surface area contributed by atoms with E-state index in [0.29, 0.717) is 24.7 Å². The standard InChI is InChI=1S/C15H22N2O4/c1-4-20-13-9-7-6-8-12(13)16-14(18)10-17(3)11-15(19)21-5-2/h6-9H,4-5,10-11H2,1-3H3,(H,16,18). The highest BCUT2D eigenvalue weighted by Crippen LogP contribution is 2.23. The quantitative estimate of drug-likeness (QED) is 0.736. The van der Waals surface area contributed by atoms with Gasteiger partial charge in [0.15, 0.2) is 0 Å². The highest BCUT2D eigenvalue weighted by atomic mass is 16.5. The predicted octanol–water partition coefficient (Wildman–Crippen LogP) is 1.52. The Kier molecular flexibility index (Phi) is 7.25. The second-order valence-corrected chi connectivity index (χ2v) is 4.45. The van der Waals surface area contributed by atoms with Crippen molar-refractivity contribution in [2.75, 3.05) is 38.7 Å². The molecule has 0 aliphatic rings. The van der Waals surface area contributed by atoms with Crippen LogP contribution in [-0.4, -0.2) is 50.1 Å². The van der Waals surface area contributed by atoms with Crippen molar-refractivity contribution >= 4 is 17.6 Å². The molecule has 0 fully saturated rings. The maximum Gasteiger partial charge on any atom is 0.320 e. The third-order valence-corrected chi connectivity index (χ3v) is 2.58. The molecule has 116 valence electrons. The summed E-state index contributed by atoms with van der Waals surface area (Å²) in [6.45, 7) is 4.66. The number of benzene rings is 1. The van der Waals surface area contributed by atoms with E-state index in [2.05, 4.69) is 5.32 Å². The number of rotatable bonds is 8. The second-order valence-electron chi connectivity index (χ2n) is 4.45. The Hall–Kier alpha value is -2.08. The van der Waals surface area contributed by atoms with Crippen LogP contribution in [0, 0.1) is 0 Å². The Morgan fingerprint density at radius 3 is 2.52 bits per heavy atom. The number of anilines is 1. The van der Waals surface area contributed by atoms with Gasteiger partial charge >= 0.3 is 5.97 Å². The molecule has 0 bridgehead atoms. The summed E-state index contributed by atoms with van der Waals surface area (Å²) in [5, 5.41) is 2.77. The molecule has 0 saturated carbocycles. The molecule has 0 spiro atoms. The zero-order valence-electron chi connectivity index (χ0n) is 12.7. The minimum Gasteiger partial charge on any atom is -0.492 e. The first-order valence-corrected chi connectivity index (χ1v) is 6.92. The smallest absolute Gasteiger partial charge is 0.320 e. The molecular weight excluding hydrogens is 272 g/mol.